The highest BCUT2D eigenvalue weighted by molar-refractivity contribution is 5.94. The van der Waals surface area contributed by atoms with Crippen molar-refractivity contribution in [2.24, 2.45) is 0 Å². The Morgan fingerprint density at radius 3 is 2.44 bits per heavy atom. The largest absolute Gasteiger partial charge is 0.462 e. The van der Waals surface area contributed by atoms with Crippen molar-refractivity contribution >= 4 is 17.9 Å². The molecule has 0 aromatic carbocycles. The minimum Gasteiger partial charge on any atom is -0.462 e. The smallest absolute Gasteiger partial charge is 0.410 e. The number of hydrogen-bond donors (Lipinski definition) is 1. The summed E-state index contributed by atoms with van der Waals surface area (Å²) in [6, 6.07) is 3.48. The fourth-order valence-corrected chi connectivity index (χ4v) is 2.78. The molecule has 0 unspecified atom stereocenters. The quantitative estimate of drug-likeness (QED) is 0.843. The lowest BCUT2D eigenvalue weighted by atomic mass is 9.93. The van der Waals surface area contributed by atoms with Crippen molar-refractivity contribution in [1.29, 1.82) is 0 Å². The van der Waals surface area contributed by atoms with Crippen molar-refractivity contribution in [3.63, 3.8) is 0 Å². The number of nitrogens with zero attached hydrogens (tertiary/aromatic N) is 2. The van der Waals surface area contributed by atoms with Gasteiger partial charge in [-0.2, -0.15) is 0 Å². The van der Waals surface area contributed by atoms with Crippen molar-refractivity contribution in [2.75, 3.05) is 25.4 Å². The fraction of sp³-hybridized carbons (Fsp3) is 0.611. The van der Waals surface area contributed by atoms with E-state index < -0.39 is 11.6 Å². The summed E-state index contributed by atoms with van der Waals surface area (Å²) >= 11 is 0. The van der Waals surface area contributed by atoms with Gasteiger partial charge in [-0.05, 0) is 52.7 Å². The van der Waals surface area contributed by atoms with Gasteiger partial charge in [-0.3, -0.25) is 0 Å². The van der Waals surface area contributed by atoms with Gasteiger partial charge in [0, 0.05) is 24.7 Å². The van der Waals surface area contributed by atoms with Crippen molar-refractivity contribution in [3.8, 4) is 0 Å². The van der Waals surface area contributed by atoms with E-state index in [1.54, 1.807) is 17.9 Å². The Balaban J connectivity index is 1.98. The number of carbonyl (C=O) groups excluding carboxylic acids is 2. The Kier molecular flexibility index (Phi) is 5.87. The molecule has 0 bridgehead atoms. The molecule has 0 atom stereocenters. The zero-order valence-corrected chi connectivity index (χ0v) is 15.4. The first kappa shape index (κ1) is 19.0. The van der Waals surface area contributed by atoms with E-state index in [0.717, 1.165) is 18.5 Å². The molecular weight excluding hydrogens is 322 g/mol. The average Bonchev–Trinajstić information content (AvgIpc) is 2.53. The lowest BCUT2D eigenvalue weighted by Crippen LogP contribution is -2.41. The van der Waals surface area contributed by atoms with Gasteiger partial charge in [0.1, 0.15) is 17.0 Å². The minimum atomic E-state index is -0.493. The Morgan fingerprint density at radius 1 is 1.28 bits per heavy atom. The van der Waals surface area contributed by atoms with Crippen LogP contribution in [0.1, 0.15) is 62.5 Å². The molecule has 0 saturated carbocycles. The first-order valence-electron chi connectivity index (χ1n) is 8.62. The van der Waals surface area contributed by atoms with E-state index in [2.05, 4.69) is 4.98 Å². The zero-order chi connectivity index (χ0) is 18.6. The standard InChI is InChI=1S/C18H27N3O4/c1-5-24-16(22)13-6-7-14(20-15(13)19)12-8-10-21(11-9-12)17(23)25-18(2,3)4/h6-7,12H,5,8-11H2,1-4H3,(H2,19,20). The van der Waals surface area contributed by atoms with Gasteiger partial charge >= 0.3 is 12.1 Å². The second-order valence-electron chi connectivity index (χ2n) is 7.13. The number of hydrogen-bond acceptors (Lipinski definition) is 6. The fourth-order valence-electron chi connectivity index (χ4n) is 2.78. The molecule has 1 aromatic heterocycles. The summed E-state index contributed by atoms with van der Waals surface area (Å²) < 4.78 is 10.4. The van der Waals surface area contributed by atoms with Crippen LogP contribution in [0.15, 0.2) is 12.1 Å². The van der Waals surface area contributed by atoms with Gasteiger partial charge in [0.05, 0.1) is 6.61 Å². The summed E-state index contributed by atoms with van der Waals surface area (Å²) in [5.41, 5.74) is 6.55. The highest BCUT2D eigenvalue weighted by Crippen LogP contribution is 2.28. The molecule has 1 amide bonds. The topological polar surface area (TPSA) is 94.8 Å². The van der Waals surface area contributed by atoms with Gasteiger partial charge in [-0.25, -0.2) is 14.6 Å². The number of ether oxygens (including phenoxy) is 2. The van der Waals surface area contributed by atoms with E-state index in [-0.39, 0.29) is 23.4 Å². The molecule has 1 aliphatic heterocycles. The molecule has 2 heterocycles. The summed E-state index contributed by atoms with van der Waals surface area (Å²) in [5.74, 6) is -0.0680. The Hall–Kier alpha value is -2.31. The molecule has 1 fully saturated rings. The third kappa shape index (κ3) is 5.08. The summed E-state index contributed by atoms with van der Waals surface area (Å²) in [6.45, 7) is 8.83. The Morgan fingerprint density at radius 2 is 1.92 bits per heavy atom. The second kappa shape index (κ2) is 7.72. The number of carbonyl (C=O) groups is 2. The van der Waals surface area contributed by atoms with E-state index in [1.807, 2.05) is 26.8 Å². The average molecular weight is 349 g/mol. The molecule has 0 radical (unpaired) electrons. The number of likely N-dealkylation sites (tertiary alicyclic amines) is 1. The van der Waals surface area contributed by atoms with Gasteiger partial charge in [-0.1, -0.05) is 0 Å². The van der Waals surface area contributed by atoms with E-state index in [0.29, 0.717) is 19.7 Å². The third-order valence-corrected chi connectivity index (χ3v) is 4.01. The molecule has 7 nitrogen and oxygen atoms in total. The van der Waals surface area contributed by atoms with Crippen LogP contribution in [-0.4, -0.2) is 47.2 Å². The van der Waals surface area contributed by atoms with Crippen LogP contribution in [0.4, 0.5) is 10.6 Å². The number of piperidine rings is 1. The highest BCUT2D eigenvalue weighted by atomic mass is 16.6. The molecule has 25 heavy (non-hydrogen) atoms. The van der Waals surface area contributed by atoms with Gasteiger partial charge in [-0.15, -0.1) is 0 Å². The first-order chi connectivity index (χ1) is 11.7. The molecule has 1 saturated heterocycles. The van der Waals surface area contributed by atoms with Crippen LogP contribution in [0.2, 0.25) is 0 Å². The van der Waals surface area contributed by atoms with Crippen molar-refractivity contribution in [2.45, 2.75) is 52.1 Å². The van der Waals surface area contributed by atoms with Crippen LogP contribution in [0.25, 0.3) is 0 Å². The molecule has 0 aliphatic carbocycles. The Bertz CT molecular complexity index is 632. The zero-order valence-electron chi connectivity index (χ0n) is 15.4. The molecule has 0 spiro atoms. The number of aromatic nitrogens is 1. The van der Waals surface area contributed by atoms with Crippen LogP contribution < -0.4 is 5.73 Å². The maximum Gasteiger partial charge on any atom is 0.410 e. The van der Waals surface area contributed by atoms with Crippen molar-refractivity contribution in [1.82, 2.24) is 9.88 Å². The number of pyridine rings is 1. The molecule has 2 rings (SSSR count). The maximum atomic E-state index is 12.1. The maximum absolute atomic E-state index is 12.1. The lowest BCUT2D eigenvalue weighted by Gasteiger charge is -2.33. The summed E-state index contributed by atoms with van der Waals surface area (Å²) in [4.78, 5) is 30.0. The molecule has 1 aliphatic rings. The molecular formula is C18H27N3O4. The predicted octanol–water partition coefficient (Wildman–Crippen LogP) is 2.96. The van der Waals surface area contributed by atoms with Crippen molar-refractivity contribution in [3.05, 3.63) is 23.4 Å². The minimum absolute atomic E-state index is 0.186. The number of amides is 1. The van der Waals surface area contributed by atoms with Crippen LogP contribution in [0.5, 0.6) is 0 Å². The number of rotatable bonds is 3. The molecule has 7 heteroatoms. The van der Waals surface area contributed by atoms with Crippen LogP contribution in [-0.2, 0) is 9.47 Å². The van der Waals surface area contributed by atoms with E-state index in [9.17, 15) is 9.59 Å². The number of anilines is 1. The second-order valence-corrected chi connectivity index (χ2v) is 7.13. The summed E-state index contributed by atoms with van der Waals surface area (Å²) in [6.07, 6.45) is 1.28. The number of nitrogens with two attached hydrogens (primary N) is 1. The van der Waals surface area contributed by atoms with Crippen LogP contribution in [0.3, 0.4) is 0 Å². The van der Waals surface area contributed by atoms with Gasteiger partial charge < -0.3 is 20.1 Å². The normalized spacial score (nSPS) is 15.8. The Labute approximate surface area is 148 Å². The van der Waals surface area contributed by atoms with Crippen LogP contribution >= 0.6 is 0 Å². The third-order valence-electron chi connectivity index (χ3n) is 4.01. The monoisotopic (exact) mass is 349 g/mol. The molecule has 1 aromatic rings. The molecule has 2 N–H and O–H groups in total. The van der Waals surface area contributed by atoms with E-state index >= 15 is 0 Å². The van der Waals surface area contributed by atoms with E-state index in [4.69, 9.17) is 15.2 Å². The SMILES string of the molecule is CCOC(=O)c1ccc(C2CCN(C(=O)OC(C)(C)C)CC2)nc1N. The van der Waals surface area contributed by atoms with Gasteiger partial charge in [0.15, 0.2) is 0 Å². The van der Waals surface area contributed by atoms with Crippen molar-refractivity contribution < 1.29 is 19.1 Å². The predicted molar refractivity (Wildman–Crippen MR) is 94.4 cm³/mol. The highest BCUT2D eigenvalue weighted by Gasteiger charge is 2.28. The number of esters is 1. The first-order valence-corrected chi connectivity index (χ1v) is 8.62. The summed E-state index contributed by atoms with van der Waals surface area (Å²) in [5, 5.41) is 0. The number of nitrogen functional groups attached to an aromatic ring is 1. The molecule has 138 valence electrons. The summed E-state index contributed by atoms with van der Waals surface area (Å²) in [7, 11) is 0. The lowest BCUT2D eigenvalue weighted by molar-refractivity contribution is 0.0203. The van der Waals surface area contributed by atoms with Gasteiger partial charge in [0.25, 0.3) is 0 Å². The van der Waals surface area contributed by atoms with Crippen LogP contribution in [0, 0.1) is 0 Å². The van der Waals surface area contributed by atoms with E-state index in [1.165, 1.54) is 0 Å². The van der Waals surface area contributed by atoms with Gasteiger partial charge in [0.2, 0.25) is 0 Å².